The van der Waals surface area contributed by atoms with E-state index in [1.54, 1.807) is 21.7 Å². The molecule has 0 spiro atoms. The van der Waals surface area contributed by atoms with Crippen LogP contribution in [0.5, 0.6) is 0 Å². The Labute approximate surface area is 113 Å². The average molecular weight is 281 g/mol. The summed E-state index contributed by atoms with van der Waals surface area (Å²) in [5.41, 5.74) is 0.605. The fourth-order valence-electron chi connectivity index (χ4n) is 2.43. The van der Waals surface area contributed by atoms with Gasteiger partial charge in [0.15, 0.2) is 0 Å². The number of carbonyl (C=O) groups is 1. The number of fused-ring (bicyclic) bond motifs is 1. The average Bonchev–Trinajstić information content (AvgIpc) is 2.85. The number of carboxylic acids is 1. The molecule has 0 aliphatic carbocycles. The summed E-state index contributed by atoms with van der Waals surface area (Å²) >= 11 is 0. The zero-order valence-corrected chi connectivity index (χ0v) is 10.6. The van der Waals surface area contributed by atoms with E-state index >= 15 is 0 Å². The van der Waals surface area contributed by atoms with Gasteiger partial charge in [0.1, 0.15) is 11.5 Å². The van der Waals surface area contributed by atoms with Crippen molar-refractivity contribution in [3.63, 3.8) is 0 Å². The minimum atomic E-state index is -2.63. The Morgan fingerprint density at radius 3 is 2.65 bits per heavy atom. The molecule has 1 fully saturated rings. The van der Waals surface area contributed by atoms with Crippen LogP contribution in [0.3, 0.4) is 0 Å². The summed E-state index contributed by atoms with van der Waals surface area (Å²) in [5.74, 6) is -3.10. The van der Waals surface area contributed by atoms with E-state index in [2.05, 4.69) is 4.98 Å². The Kier molecular flexibility index (Phi) is 2.84. The molecule has 106 valence electrons. The molecule has 1 aliphatic heterocycles. The van der Waals surface area contributed by atoms with Gasteiger partial charge in [-0.25, -0.2) is 18.6 Å². The standard InChI is InChI=1S/C13H13F2N3O2/c14-13(15)1-4-17(5-2-13)11-8-9(12(19)20)7-10-16-3-6-18(10)11/h3,6-8H,1-2,4-5H2,(H,19,20). The number of nitrogens with zero attached hydrogens (tertiary/aromatic N) is 3. The zero-order valence-electron chi connectivity index (χ0n) is 10.6. The van der Waals surface area contributed by atoms with Gasteiger partial charge in [0.25, 0.3) is 5.92 Å². The van der Waals surface area contributed by atoms with Crippen molar-refractivity contribution >= 4 is 17.4 Å². The lowest BCUT2D eigenvalue weighted by atomic mass is 10.1. The maximum atomic E-state index is 13.2. The molecule has 0 amide bonds. The summed E-state index contributed by atoms with van der Waals surface area (Å²) in [6.07, 6.45) is 2.81. The number of alkyl halides is 2. The summed E-state index contributed by atoms with van der Waals surface area (Å²) in [7, 11) is 0. The number of pyridine rings is 1. The number of carboxylic acid groups (broad SMARTS) is 1. The van der Waals surface area contributed by atoms with Gasteiger partial charge in [-0.15, -0.1) is 0 Å². The van der Waals surface area contributed by atoms with E-state index < -0.39 is 11.9 Å². The summed E-state index contributed by atoms with van der Waals surface area (Å²) in [5, 5.41) is 9.11. The Balaban J connectivity index is 2.02. The molecule has 0 saturated carbocycles. The van der Waals surface area contributed by atoms with Crippen molar-refractivity contribution in [1.82, 2.24) is 9.38 Å². The van der Waals surface area contributed by atoms with Crippen molar-refractivity contribution in [1.29, 1.82) is 0 Å². The monoisotopic (exact) mass is 281 g/mol. The van der Waals surface area contributed by atoms with Gasteiger partial charge in [-0.3, -0.25) is 4.40 Å². The van der Waals surface area contributed by atoms with Crippen LogP contribution in [0.2, 0.25) is 0 Å². The van der Waals surface area contributed by atoms with Gasteiger partial charge < -0.3 is 10.0 Å². The predicted molar refractivity (Wildman–Crippen MR) is 68.5 cm³/mol. The van der Waals surface area contributed by atoms with Crippen LogP contribution in [-0.2, 0) is 0 Å². The van der Waals surface area contributed by atoms with Gasteiger partial charge in [-0.2, -0.15) is 0 Å². The first-order chi connectivity index (χ1) is 9.46. The van der Waals surface area contributed by atoms with Crippen LogP contribution < -0.4 is 4.90 Å². The zero-order chi connectivity index (χ0) is 14.3. The first-order valence-corrected chi connectivity index (χ1v) is 6.29. The second-order valence-corrected chi connectivity index (χ2v) is 4.91. The molecule has 0 radical (unpaired) electrons. The first-order valence-electron chi connectivity index (χ1n) is 6.29. The van der Waals surface area contributed by atoms with Crippen molar-refractivity contribution in [3.8, 4) is 0 Å². The molecule has 20 heavy (non-hydrogen) atoms. The molecular formula is C13H13F2N3O2. The molecule has 1 saturated heterocycles. The second kappa shape index (κ2) is 4.43. The minimum absolute atomic E-state index is 0.107. The van der Waals surface area contributed by atoms with E-state index in [4.69, 9.17) is 5.11 Å². The maximum absolute atomic E-state index is 13.2. The topological polar surface area (TPSA) is 57.8 Å². The Hall–Kier alpha value is -2.18. The van der Waals surface area contributed by atoms with Gasteiger partial charge in [-0.05, 0) is 12.1 Å². The lowest BCUT2D eigenvalue weighted by Gasteiger charge is -2.33. The molecule has 7 heteroatoms. The van der Waals surface area contributed by atoms with Crippen LogP contribution in [-0.4, -0.2) is 39.5 Å². The minimum Gasteiger partial charge on any atom is -0.478 e. The highest BCUT2D eigenvalue weighted by Gasteiger charge is 2.34. The van der Waals surface area contributed by atoms with Crippen LogP contribution in [0.4, 0.5) is 14.6 Å². The van der Waals surface area contributed by atoms with E-state index in [1.165, 1.54) is 12.1 Å². The van der Waals surface area contributed by atoms with Gasteiger partial charge in [-0.1, -0.05) is 0 Å². The van der Waals surface area contributed by atoms with Crippen LogP contribution in [0.1, 0.15) is 23.2 Å². The molecule has 0 unspecified atom stereocenters. The molecule has 5 nitrogen and oxygen atoms in total. The smallest absolute Gasteiger partial charge is 0.335 e. The highest BCUT2D eigenvalue weighted by Crippen LogP contribution is 2.31. The Bertz CT molecular complexity index is 659. The lowest BCUT2D eigenvalue weighted by Crippen LogP contribution is -2.40. The number of rotatable bonds is 2. The molecule has 2 aromatic rings. The highest BCUT2D eigenvalue weighted by molar-refractivity contribution is 5.90. The van der Waals surface area contributed by atoms with Crippen molar-refractivity contribution in [2.75, 3.05) is 18.0 Å². The quantitative estimate of drug-likeness (QED) is 0.917. The molecule has 0 atom stereocenters. The van der Waals surface area contributed by atoms with Gasteiger partial charge in [0, 0.05) is 38.3 Å². The number of aromatic nitrogens is 2. The number of aromatic carboxylic acids is 1. The van der Waals surface area contributed by atoms with Crippen molar-refractivity contribution < 1.29 is 18.7 Å². The molecule has 3 rings (SSSR count). The molecule has 1 aliphatic rings. The van der Waals surface area contributed by atoms with E-state index in [9.17, 15) is 13.6 Å². The van der Waals surface area contributed by atoms with Crippen molar-refractivity contribution in [3.05, 3.63) is 30.1 Å². The van der Waals surface area contributed by atoms with Crippen LogP contribution in [0, 0.1) is 0 Å². The number of halogens is 2. The van der Waals surface area contributed by atoms with E-state index in [0.717, 1.165) is 0 Å². The number of anilines is 1. The van der Waals surface area contributed by atoms with Crippen LogP contribution in [0.25, 0.3) is 5.65 Å². The fourth-order valence-corrected chi connectivity index (χ4v) is 2.43. The van der Waals surface area contributed by atoms with Gasteiger partial charge in [0.2, 0.25) is 0 Å². The summed E-state index contributed by atoms with van der Waals surface area (Å²) in [6, 6.07) is 2.96. The van der Waals surface area contributed by atoms with Crippen molar-refractivity contribution in [2.24, 2.45) is 0 Å². The third-order valence-corrected chi connectivity index (χ3v) is 3.55. The number of piperidine rings is 1. The van der Waals surface area contributed by atoms with Gasteiger partial charge in [0.05, 0.1) is 5.56 Å². The van der Waals surface area contributed by atoms with E-state index in [0.29, 0.717) is 11.5 Å². The molecule has 2 aromatic heterocycles. The molecule has 0 aromatic carbocycles. The first kappa shape index (κ1) is 12.8. The molecular weight excluding hydrogens is 268 g/mol. The lowest BCUT2D eigenvalue weighted by molar-refractivity contribution is -0.0221. The summed E-state index contributed by atoms with van der Waals surface area (Å²) < 4.78 is 28.1. The normalized spacial score (nSPS) is 18.4. The Morgan fingerprint density at radius 1 is 1.30 bits per heavy atom. The van der Waals surface area contributed by atoms with Gasteiger partial charge >= 0.3 is 5.97 Å². The van der Waals surface area contributed by atoms with E-state index in [1.807, 2.05) is 0 Å². The summed E-state index contributed by atoms with van der Waals surface area (Å²) in [4.78, 5) is 17.0. The number of hydrogen-bond acceptors (Lipinski definition) is 3. The predicted octanol–water partition coefficient (Wildman–Crippen LogP) is 2.27. The largest absolute Gasteiger partial charge is 0.478 e. The van der Waals surface area contributed by atoms with Crippen molar-refractivity contribution in [2.45, 2.75) is 18.8 Å². The van der Waals surface area contributed by atoms with E-state index in [-0.39, 0.29) is 31.5 Å². The Morgan fingerprint density at radius 2 is 2.00 bits per heavy atom. The third-order valence-electron chi connectivity index (χ3n) is 3.55. The highest BCUT2D eigenvalue weighted by atomic mass is 19.3. The maximum Gasteiger partial charge on any atom is 0.335 e. The number of hydrogen-bond donors (Lipinski definition) is 1. The van der Waals surface area contributed by atoms with Crippen LogP contribution >= 0.6 is 0 Å². The third kappa shape index (κ3) is 2.19. The number of imidazole rings is 1. The fraction of sp³-hybridized carbons (Fsp3) is 0.385. The van der Waals surface area contributed by atoms with Crippen LogP contribution in [0.15, 0.2) is 24.5 Å². The molecule has 0 bridgehead atoms. The SMILES string of the molecule is O=C(O)c1cc(N2CCC(F)(F)CC2)n2ccnc2c1. The molecule has 1 N–H and O–H groups in total. The molecule has 3 heterocycles. The second-order valence-electron chi connectivity index (χ2n) is 4.91. The summed E-state index contributed by atoms with van der Waals surface area (Å²) in [6.45, 7) is 0.396.